The van der Waals surface area contributed by atoms with Crippen molar-refractivity contribution in [1.29, 1.82) is 0 Å². The third-order valence-corrected chi connectivity index (χ3v) is 3.81. The quantitative estimate of drug-likeness (QED) is 0.922. The minimum Gasteiger partial charge on any atom is -0.314 e. The van der Waals surface area contributed by atoms with Crippen molar-refractivity contribution in [3.05, 3.63) is 34.1 Å². The number of piperazine rings is 1. The normalized spacial score (nSPS) is 21.7. The van der Waals surface area contributed by atoms with E-state index in [4.69, 9.17) is 0 Å². The molecule has 1 aliphatic heterocycles. The molecule has 4 heteroatoms. The van der Waals surface area contributed by atoms with Gasteiger partial charge in [-0.1, -0.05) is 15.9 Å². The summed E-state index contributed by atoms with van der Waals surface area (Å²) in [6, 6.07) is 5.69. The van der Waals surface area contributed by atoms with Crippen LogP contribution in [0.5, 0.6) is 0 Å². The lowest BCUT2D eigenvalue weighted by Gasteiger charge is -2.33. The van der Waals surface area contributed by atoms with Gasteiger partial charge in [0, 0.05) is 36.7 Å². The first-order valence-corrected chi connectivity index (χ1v) is 6.85. The molecule has 1 saturated heterocycles. The van der Waals surface area contributed by atoms with Crippen molar-refractivity contribution in [3.8, 4) is 0 Å². The maximum Gasteiger partial charge on any atom is 0.126 e. The van der Waals surface area contributed by atoms with Crippen LogP contribution in [0.3, 0.4) is 0 Å². The molecule has 0 aliphatic carbocycles. The molecule has 1 N–H and O–H groups in total. The molecule has 0 saturated carbocycles. The summed E-state index contributed by atoms with van der Waals surface area (Å²) in [6.07, 6.45) is 0.773. The lowest BCUT2D eigenvalue weighted by Crippen LogP contribution is -2.50. The summed E-state index contributed by atoms with van der Waals surface area (Å²) < 4.78 is 14.5. The SMILES string of the molecule is C[C@H]1CNCCN1CCc1cc(Br)ccc1F. The first-order chi connectivity index (χ1) is 8.16. The lowest BCUT2D eigenvalue weighted by atomic mass is 10.1. The van der Waals surface area contributed by atoms with Crippen molar-refractivity contribution in [2.45, 2.75) is 19.4 Å². The first-order valence-electron chi connectivity index (χ1n) is 6.05. The maximum atomic E-state index is 13.6. The van der Waals surface area contributed by atoms with E-state index in [2.05, 4.69) is 33.1 Å². The summed E-state index contributed by atoms with van der Waals surface area (Å²) in [4.78, 5) is 2.41. The third kappa shape index (κ3) is 3.50. The summed E-state index contributed by atoms with van der Waals surface area (Å²) >= 11 is 3.38. The Hall–Kier alpha value is -0.450. The van der Waals surface area contributed by atoms with Gasteiger partial charge in [0.15, 0.2) is 0 Å². The van der Waals surface area contributed by atoms with Crippen LogP contribution in [-0.4, -0.2) is 37.1 Å². The molecule has 1 aromatic carbocycles. The van der Waals surface area contributed by atoms with Crippen molar-refractivity contribution in [2.24, 2.45) is 0 Å². The van der Waals surface area contributed by atoms with Gasteiger partial charge in [-0.15, -0.1) is 0 Å². The summed E-state index contributed by atoms with van der Waals surface area (Å²) in [5.41, 5.74) is 0.796. The number of benzene rings is 1. The molecule has 1 aromatic rings. The van der Waals surface area contributed by atoms with E-state index in [0.29, 0.717) is 6.04 Å². The average Bonchev–Trinajstić information content (AvgIpc) is 2.32. The zero-order valence-corrected chi connectivity index (χ0v) is 11.6. The van der Waals surface area contributed by atoms with E-state index in [1.807, 2.05) is 6.07 Å². The van der Waals surface area contributed by atoms with Gasteiger partial charge in [0.05, 0.1) is 0 Å². The maximum absolute atomic E-state index is 13.6. The summed E-state index contributed by atoms with van der Waals surface area (Å²) in [7, 11) is 0. The van der Waals surface area contributed by atoms with Crippen molar-refractivity contribution in [1.82, 2.24) is 10.2 Å². The van der Waals surface area contributed by atoms with Crippen LogP contribution >= 0.6 is 15.9 Å². The molecular weight excluding hydrogens is 283 g/mol. The van der Waals surface area contributed by atoms with Gasteiger partial charge in [-0.05, 0) is 37.1 Å². The Labute approximate surface area is 110 Å². The molecule has 1 atom stereocenters. The molecule has 1 fully saturated rings. The van der Waals surface area contributed by atoms with Crippen LogP contribution in [0.4, 0.5) is 4.39 Å². The van der Waals surface area contributed by atoms with Gasteiger partial charge >= 0.3 is 0 Å². The molecule has 1 aliphatic rings. The van der Waals surface area contributed by atoms with E-state index in [1.54, 1.807) is 6.07 Å². The number of rotatable bonds is 3. The summed E-state index contributed by atoms with van der Waals surface area (Å²) in [5.74, 6) is -0.101. The van der Waals surface area contributed by atoms with Crippen LogP contribution in [0.25, 0.3) is 0 Å². The second-order valence-electron chi connectivity index (χ2n) is 4.57. The molecule has 94 valence electrons. The van der Waals surface area contributed by atoms with Crippen molar-refractivity contribution in [2.75, 3.05) is 26.2 Å². The van der Waals surface area contributed by atoms with Gasteiger partial charge < -0.3 is 5.32 Å². The van der Waals surface area contributed by atoms with E-state index in [1.165, 1.54) is 6.07 Å². The van der Waals surface area contributed by atoms with E-state index < -0.39 is 0 Å². The van der Waals surface area contributed by atoms with Crippen LogP contribution in [0, 0.1) is 5.82 Å². The molecule has 0 amide bonds. The Morgan fingerprint density at radius 1 is 1.53 bits per heavy atom. The minimum atomic E-state index is -0.101. The minimum absolute atomic E-state index is 0.101. The number of hydrogen-bond acceptors (Lipinski definition) is 2. The lowest BCUT2D eigenvalue weighted by molar-refractivity contribution is 0.175. The topological polar surface area (TPSA) is 15.3 Å². The largest absolute Gasteiger partial charge is 0.314 e. The summed E-state index contributed by atoms with van der Waals surface area (Å²) in [5, 5.41) is 3.36. The number of nitrogens with one attached hydrogen (secondary N) is 1. The van der Waals surface area contributed by atoms with Gasteiger partial charge in [0.1, 0.15) is 5.82 Å². The predicted molar refractivity (Wildman–Crippen MR) is 71.7 cm³/mol. The fourth-order valence-corrected chi connectivity index (χ4v) is 2.62. The second kappa shape index (κ2) is 5.94. The van der Waals surface area contributed by atoms with E-state index in [9.17, 15) is 4.39 Å². The smallest absolute Gasteiger partial charge is 0.126 e. The standard InChI is InChI=1S/C13H18BrFN2/c1-10-9-16-5-7-17(10)6-4-11-8-12(14)2-3-13(11)15/h2-3,8,10,16H,4-7,9H2,1H3/t10-/m0/s1. The Bertz CT molecular complexity index is 384. The highest BCUT2D eigenvalue weighted by Gasteiger charge is 2.17. The highest BCUT2D eigenvalue weighted by atomic mass is 79.9. The van der Waals surface area contributed by atoms with Crippen LogP contribution < -0.4 is 5.32 Å². The Morgan fingerprint density at radius 2 is 2.35 bits per heavy atom. The van der Waals surface area contributed by atoms with Crippen molar-refractivity contribution < 1.29 is 4.39 Å². The fourth-order valence-electron chi connectivity index (χ4n) is 2.21. The molecule has 0 spiro atoms. The molecule has 17 heavy (non-hydrogen) atoms. The molecular formula is C13H18BrFN2. The van der Waals surface area contributed by atoms with E-state index >= 15 is 0 Å². The zero-order valence-electron chi connectivity index (χ0n) is 10.0. The number of halogens is 2. The van der Waals surface area contributed by atoms with Crippen LogP contribution in [0.15, 0.2) is 22.7 Å². The molecule has 0 radical (unpaired) electrons. The molecule has 2 nitrogen and oxygen atoms in total. The van der Waals surface area contributed by atoms with Gasteiger partial charge in [0.2, 0.25) is 0 Å². The Balaban J connectivity index is 1.94. The zero-order chi connectivity index (χ0) is 12.3. The molecule has 0 bridgehead atoms. The van der Waals surface area contributed by atoms with Crippen LogP contribution in [0.2, 0.25) is 0 Å². The molecule has 0 unspecified atom stereocenters. The third-order valence-electron chi connectivity index (χ3n) is 3.32. The molecule has 2 rings (SSSR count). The van der Waals surface area contributed by atoms with Crippen LogP contribution in [-0.2, 0) is 6.42 Å². The average molecular weight is 301 g/mol. The van der Waals surface area contributed by atoms with E-state index in [0.717, 1.165) is 42.6 Å². The monoisotopic (exact) mass is 300 g/mol. The molecule has 0 aromatic heterocycles. The second-order valence-corrected chi connectivity index (χ2v) is 5.49. The Morgan fingerprint density at radius 3 is 3.12 bits per heavy atom. The van der Waals surface area contributed by atoms with Gasteiger partial charge in [-0.2, -0.15) is 0 Å². The summed E-state index contributed by atoms with van der Waals surface area (Å²) in [6.45, 7) is 6.25. The highest BCUT2D eigenvalue weighted by Crippen LogP contribution is 2.16. The Kier molecular flexibility index (Phi) is 4.54. The first kappa shape index (κ1) is 13.0. The number of nitrogens with zero attached hydrogens (tertiary/aromatic N) is 1. The highest BCUT2D eigenvalue weighted by molar-refractivity contribution is 9.10. The van der Waals surface area contributed by atoms with E-state index in [-0.39, 0.29) is 5.82 Å². The van der Waals surface area contributed by atoms with Crippen molar-refractivity contribution >= 4 is 15.9 Å². The van der Waals surface area contributed by atoms with Gasteiger partial charge in [-0.25, -0.2) is 4.39 Å². The van der Waals surface area contributed by atoms with Gasteiger partial charge in [0.25, 0.3) is 0 Å². The van der Waals surface area contributed by atoms with Crippen molar-refractivity contribution in [3.63, 3.8) is 0 Å². The molecule has 1 heterocycles. The van der Waals surface area contributed by atoms with Gasteiger partial charge in [-0.3, -0.25) is 4.90 Å². The fraction of sp³-hybridized carbons (Fsp3) is 0.538. The van der Waals surface area contributed by atoms with Crippen LogP contribution in [0.1, 0.15) is 12.5 Å². The number of hydrogen-bond donors (Lipinski definition) is 1. The predicted octanol–water partition coefficient (Wildman–Crippen LogP) is 2.42.